The summed E-state index contributed by atoms with van der Waals surface area (Å²) in [5.41, 5.74) is -0.218. The van der Waals surface area contributed by atoms with Crippen LogP contribution in [-0.4, -0.2) is 16.6 Å². The molecule has 0 aromatic heterocycles. The summed E-state index contributed by atoms with van der Waals surface area (Å²) in [6.07, 6.45) is 7.98. The van der Waals surface area contributed by atoms with Crippen LogP contribution in [0, 0.1) is 23.2 Å². The zero-order chi connectivity index (χ0) is 14.5. The second-order valence-corrected chi connectivity index (χ2v) is 8.76. The second-order valence-electron chi connectivity index (χ2n) is 8.36. The topological polar surface area (TPSA) is 41.1 Å². The van der Waals surface area contributed by atoms with E-state index < -0.39 is 5.41 Å². The molecule has 0 spiro atoms. The summed E-state index contributed by atoms with van der Waals surface area (Å²) in [5.74, 6) is 2.65. The van der Waals surface area contributed by atoms with E-state index in [2.05, 4.69) is 10.6 Å². The molecule has 20 heavy (non-hydrogen) atoms. The molecular weight excluding hydrogens is 268 g/mol. The van der Waals surface area contributed by atoms with Crippen molar-refractivity contribution in [3.05, 3.63) is 0 Å². The summed E-state index contributed by atoms with van der Waals surface area (Å²) in [7, 11) is 0. The van der Waals surface area contributed by atoms with Crippen molar-refractivity contribution >= 4 is 23.2 Å². The maximum Gasteiger partial charge on any atom is 0.231 e. The molecular formula is C16H26N2OS. The molecule has 4 aliphatic carbocycles. The SMILES string of the molecule is CC(C)(C)C(=O)NC(=S)NC12CC3CC(CC(C3)C1)C2. The maximum absolute atomic E-state index is 12.0. The molecule has 3 nitrogen and oxygen atoms in total. The van der Waals surface area contributed by atoms with Crippen molar-refractivity contribution < 1.29 is 4.79 Å². The third-order valence-electron chi connectivity index (χ3n) is 5.33. The standard InChI is InChI=1S/C16H26N2OS/c1-15(2,3)13(19)17-14(20)18-16-7-10-4-11(8-16)6-12(5-10)9-16/h10-12H,4-9H2,1-3H3,(H2,17,18,19,20). The fraction of sp³-hybridized carbons (Fsp3) is 0.875. The van der Waals surface area contributed by atoms with Crippen LogP contribution in [-0.2, 0) is 4.79 Å². The molecule has 0 atom stereocenters. The Balaban J connectivity index is 1.63. The molecule has 4 bridgehead atoms. The highest BCUT2D eigenvalue weighted by Crippen LogP contribution is 2.55. The van der Waals surface area contributed by atoms with Crippen molar-refractivity contribution in [1.29, 1.82) is 0 Å². The molecule has 0 heterocycles. The van der Waals surface area contributed by atoms with E-state index in [-0.39, 0.29) is 11.4 Å². The van der Waals surface area contributed by atoms with E-state index in [0.29, 0.717) is 5.11 Å². The first-order chi connectivity index (χ1) is 9.26. The summed E-state index contributed by atoms with van der Waals surface area (Å²) in [6.45, 7) is 5.74. The largest absolute Gasteiger partial charge is 0.357 e. The van der Waals surface area contributed by atoms with Gasteiger partial charge in [-0.2, -0.15) is 0 Å². The van der Waals surface area contributed by atoms with Gasteiger partial charge in [-0.1, -0.05) is 20.8 Å². The monoisotopic (exact) mass is 294 g/mol. The van der Waals surface area contributed by atoms with Crippen LogP contribution in [0.25, 0.3) is 0 Å². The van der Waals surface area contributed by atoms with Crippen molar-refractivity contribution in [3.63, 3.8) is 0 Å². The summed E-state index contributed by atoms with van der Waals surface area (Å²) in [4.78, 5) is 12.0. The van der Waals surface area contributed by atoms with Crippen LogP contribution in [0.5, 0.6) is 0 Å². The fourth-order valence-electron chi connectivity index (χ4n) is 4.83. The lowest BCUT2D eigenvalue weighted by Crippen LogP contribution is -2.62. The minimum absolute atomic E-state index is 0.000252. The van der Waals surface area contributed by atoms with Crippen LogP contribution in [0.15, 0.2) is 0 Å². The average molecular weight is 294 g/mol. The van der Waals surface area contributed by atoms with Crippen molar-refractivity contribution in [1.82, 2.24) is 10.6 Å². The van der Waals surface area contributed by atoms with Crippen LogP contribution in [0.2, 0.25) is 0 Å². The molecule has 0 radical (unpaired) electrons. The van der Waals surface area contributed by atoms with Crippen LogP contribution in [0.1, 0.15) is 59.3 Å². The molecule has 112 valence electrons. The summed E-state index contributed by atoms with van der Waals surface area (Å²) >= 11 is 5.39. The van der Waals surface area contributed by atoms with Gasteiger partial charge in [-0.05, 0) is 68.5 Å². The average Bonchev–Trinajstić information content (AvgIpc) is 2.23. The van der Waals surface area contributed by atoms with Crippen molar-refractivity contribution in [2.45, 2.75) is 64.8 Å². The molecule has 4 fully saturated rings. The van der Waals surface area contributed by atoms with Crippen LogP contribution < -0.4 is 10.6 Å². The van der Waals surface area contributed by atoms with Gasteiger partial charge in [-0.25, -0.2) is 0 Å². The first-order valence-electron chi connectivity index (χ1n) is 7.89. The van der Waals surface area contributed by atoms with Gasteiger partial charge < -0.3 is 10.6 Å². The summed E-state index contributed by atoms with van der Waals surface area (Å²) in [5, 5.41) is 6.94. The van der Waals surface area contributed by atoms with Gasteiger partial charge in [0.15, 0.2) is 5.11 Å². The number of nitrogens with one attached hydrogen (secondary N) is 2. The number of rotatable bonds is 1. The van der Waals surface area contributed by atoms with Gasteiger partial charge >= 0.3 is 0 Å². The Labute approximate surface area is 127 Å². The Hall–Kier alpha value is -0.640. The molecule has 0 aromatic carbocycles. The van der Waals surface area contributed by atoms with Gasteiger partial charge in [0.05, 0.1) is 0 Å². The van der Waals surface area contributed by atoms with Crippen molar-refractivity contribution in [2.75, 3.05) is 0 Å². The lowest BCUT2D eigenvalue weighted by atomic mass is 9.53. The zero-order valence-corrected chi connectivity index (χ0v) is 13.6. The predicted molar refractivity (Wildman–Crippen MR) is 84.2 cm³/mol. The van der Waals surface area contributed by atoms with Crippen LogP contribution in [0.3, 0.4) is 0 Å². The predicted octanol–water partition coefficient (Wildman–Crippen LogP) is 2.99. The lowest BCUT2D eigenvalue weighted by molar-refractivity contribution is -0.127. The Bertz CT molecular complexity index is 403. The molecule has 0 aliphatic heterocycles. The molecule has 4 saturated carbocycles. The summed E-state index contributed by atoms with van der Waals surface area (Å²) < 4.78 is 0. The van der Waals surface area contributed by atoms with E-state index in [0.717, 1.165) is 17.8 Å². The van der Waals surface area contributed by atoms with E-state index in [9.17, 15) is 4.79 Å². The molecule has 0 unspecified atom stereocenters. The Morgan fingerprint density at radius 2 is 1.50 bits per heavy atom. The van der Waals surface area contributed by atoms with E-state index in [1.165, 1.54) is 38.5 Å². The van der Waals surface area contributed by atoms with Gasteiger partial charge in [-0.15, -0.1) is 0 Å². The Morgan fingerprint density at radius 1 is 1.05 bits per heavy atom. The number of hydrogen-bond donors (Lipinski definition) is 2. The minimum Gasteiger partial charge on any atom is -0.357 e. The van der Waals surface area contributed by atoms with E-state index in [1.54, 1.807) is 0 Å². The number of amides is 1. The van der Waals surface area contributed by atoms with Gasteiger partial charge in [0.2, 0.25) is 5.91 Å². The highest BCUT2D eigenvalue weighted by Gasteiger charge is 2.51. The quantitative estimate of drug-likeness (QED) is 0.731. The maximum atomic E-state index is 12.0. The first kappa shape index (κ1) is 14.3. The first-order valence-corrected chi connectivity index (χ1v) is 8.30. The normalized spacial score (nSPS) is 38.6. The van der Waals surface area contributed by atoms with E-state index in [1.807, 2.05) is 20.8 Å². The lowest BCUT2D eigenvalue weighted by Gasteiger charge is -2.57. The molecule has 4 heteroatoms. The smallest absolute Gasteiger partial charge is 0.231 e. The zero-order valence-electron chi connectivity index (χ0n) is 12.8. The highest BCUT2D eigenvalue weighted by molar-refractivity contribution is 7.80. The number of thiocarbonyl (C=S) groups is 1. The van der Waals surface area contributed by atoms with Crippen LogP contribution in [0.4, 0.5) is 0 Å². The molecule has 0 saturated heterocycles. The minimum atomic E-state index is -0.396. The molecule has 0 aromatic rings. The van der Waals surface area contributed by atoms with E-state index in [4.69, 9.17) is 12.2 Å². The summed E-state index contributed by atoms with van der Waals surface area (Å²) in [6, 6.07) is 0. The van der Waals surface area contributed by atoms with E-state index >= 15 is 0 Å². The Kier molecular flexibility index (Phi) is 3.35. The van der Waals surface area contributed by atoms with Gasteiger partial charge in [-0.3, -0.25) is 4.79 Å². The van der Waals surface area contributed by atoms with Crippen molar-refractivity contribution in [3.8, 4) is 0 Å². The molecule has 4 rings (SSSR count). The van der Waals surface area contributed by atoms with Gasteiger partial charge in [0, 0.05) is 11.0 Å². The highest BCUT2D eigenvalue weighted by atomic mass is 32.1. The fourth-order valence-corrected chi connectivity index (χ4v) is 5.14. The molecule has 1 amide bonds. The van der Waals surface area contributed by atoms with Crippen LogP contribution >= 0.6 is 12.2 Å². The second kappa shape index (κ2) is 4.69. The molecule has 4 aliphatic rings. The number of hydrogen-bond acceptors (Lipinski definition) is 2. The third-order valence-corrected chi connectivity index (χ3v) is 5.53. The third kappa shape index (κ3) is 2.72. The van der Waals surface area contributed by atoms with Crippen molar-refractivity contribution in [2.24, 2.45) is 23.2 Å². The Morgan fingerprint density at radius 3 is 1.90 bits per heavy atom. The van der Waals surface area contributed by atoms with Gasteiger partial charge in [0.1, 0.15) is 0 Å². The van der Waals surface area contributed by atoms with Gasteiger partial charge in [0.25, 0.3) is 0 Å². The molecule has 2 N–H and O–H groups in total. The number of carbonyl (C=O) groups is 1. The number of carbonyl (C=O) groups excluding carboxylic acids is 1.